The van der Waals surface area contributed by atoms with Crippen LogP contribution in [0.3, 0.4) is 0 Å². The third-order valence-electron chi connectivity index (χ3n) is 5.92. The van der Waals surface area contributed by atoms with E-state index in [4.69, 9.17) is 4.74 Å². The monoisotopic (exact) mass is 337 g/mol. The first kappa shape index (κ1) is 16.3. The Balaban J connectivity index is 1.85. The minimum atomic E-state index is -3.62. The highest BCUT2D eigenvalue weighted by atomic mass is 32.2. The first-order chi connectivity index (χ1) is 10.7. The van der Waals surface area contributed by atoms with Crippen molar-refractivity contribution in [2.45, 2.75) is 33.1 Å². The maximum absolute atomic E-state index is 12.7. The summed E-state index contributed by atoms with van der Waals surface area (Å²) >= 11 is 0. The fraction of sp³-hybridized carbons (Fsp3) is 0.588. The average molecular weight is 337 g/mol. The highest BCUT2D eigenvalue weighted by molar-refractivity contribution is 7.92. The molecule has 1 N–H and O–H groups in total. The van der Waals surface area contributed by atoms with Crippen LogP contribution in [0.5, 0.6) is 5.75 Å². The summed E-state index contributed by atoms with van der Waals surface area (Å²) in [4.78, 5) is 12.5. The van der Waals surface area contributed by atoms with Crippen molar-refractivity contribution < 1.29 is 17.9 Å². The van der Waals surface area contributed by atoms with Crippen LogP contribution < -0.4 is 9.46 Å². The van der Waals surface area contributed by atoms with Gasteiger partial charge in [-0.1, -0.05) is 19.9 Å². The van der Waals surface area contributed by atoms with Gasteiger partial charge in [0.05, 0.1) is 24.0 Å². The molecule has 5 nitrogen and oxygen atoms in total. The number of hydrogen-bond acceptors (Lipinski definition) is 4. The maximum Gasteiger partial charge on any atom is 0.233 e. The first-order valence-corrected chi connectivity index (χ1v) is 9.53. The van der Waals surface area contributed by atoms with Crippen LogP contribution in [0.4, 0.5) is 5.69 Å². The summed E-state index contributed by atoms with van der Waals surface area (Å²) in [6.45, 7) is 4.08. The quantitative estimate of drug-likeness (QED) is 0.897. The van der Waals surface area contributed by atoms with Gasteiger partial charge in [-0.25, -0.2) is 8.42 Å². The zero-order valence-electron chi connectivity index (χ0n) is 13.8. The van der Waals surface area contributed by atoms with Crippen molar-refractivity contribution in [1.29, 1.82) is 0 Å². The van der Waals surface area contributed by atoms with Crippen molar-refractivity contribution in [3.63, 3.8) is 0 Å². The number of ether oxygens (including phenoxy) is 1. The summed E-state index contributed by atoms with van der Waals surface area (Å²) < 4.78 is 33.0. The Kier molecular flexibility index (Phi) is 3.71. The van der Waals surface area contributed by atoms with Gasteiger partial charge in [0.2, 0.25) is 10.0 Å². The molecule has 2 aliphatic carbocycles. The normalized spacial score (nSPS) is 28.8. The van der Waals surface area contributed by atoms with E-state index in [9.17, 15) is 13.2 Å². The van der Waals surface area contributed by atoms with E-state index in [0.29, 0.717) is 30.2 Å². The van der Waals surface area contributed by atoms with Gasteiger partial charge in [-0.05, 0) is 36.3 Å². The molecule has 0 aliphatic heterocycles. The van der Waals surface area contributed by atoms with Gasteiger partial charge in [-0.15, -0.1) is 0 Å². The van der Waals surface area contributed by atoms with E-state index >= 15 is 0 Å². The van der Waals surface area contributed by atoms with Crippen molar-refractivity contribution in [2.75, 3.05) is 17.6 Å². The largest absolute Gasteiger partial charge is 0.497 e. The number of carbonyl (C=O) groups excluding carboxylic acids is 1. The molecule has 2 atom stereocenters. The van der Waals surface area contributed by atoms with Crippen LogP contribution in [-0.4, -0.2) is 27.1 Å². The third-order valence-corrected chi connectivity index (χ3v) is 7.34. The molecule has 3 rings (SSSR count). The van der Waals surface area contributed by atoms with Crippen molar-refractivity contribution >= 4 is 21.5 Å². The number of hydrogen-bond donors (Lipinski definition) is 1. The molecule has 0 amide bonds. The van der Waals surface area contributed by atoms with Crippen molar-refractivity contribution in [2.24, 2.45) is 16.7 Å². The third kappa shape index (κ3) is 2.53. The van der Waals surface area contributed by atoms with Gasteiger partial charge >= 0.3 is 0 Å². The lowest BCUT2D eigenvalue weighted by Gasteiger charge is -2.36. The summed E-state index contributed by atoms with van der Waals surface area (Å²) in [6.07, 6.45) is 2.12. The van der Waals surface area contributed by atoms with E-state index in [1.165, 1.54) is 7.11 Å². The number of anilines is 1. The molecule has 0 heterocycles. The Hall–Kier alpha value is -1.56. The Morgan fingerprint density at radius 3 is 2.65 bits per heavy atom. The van der Waals surface area contributed by atoms with Crippen LogP contribution in [0.25, 0.3) is 0 Å². The standard InChI is InChI=1S/C17H23NO4S/c1-16(2)12-7-8-17(16,15(19)9-12)11-23(20,21)18-13-5-4-6-14(10-13)22-3/h4-6,10,12,18H,7-9,11H2,1-3H3/t12-,17+/m1/s1. The molecule has 1 aromatic rings. The highest BCUT2D eigenvalue weighted by Gasteiger charge is 2.65. The average Bonchev–Trinajstić information content (AvgIpc) is 2.80. The summed E-state index contributed by atoms with van der Waals surface area (Å²) in [5, 5.41) is 0. The molecule has 23 heavy (non-hydrogen) atoms. The number of methoxy groups -OCH3 is 1. The smallest absolute Gasteiger partial charge is 0.233 e. The molecule has 0 aromatic heterocycles. The zero-order chi connectivity index (χ0) is 16.9. The molecule has 0 saturated heterocycles. The lowest BCUT2D eigenvalue weighted by Crippen LogP contribution is -2.43. The van der Waals surface area contributed by atoms with E-state index in [0.717, 1.165) is 6.42 Å². The van der Waals surface area contributed by atoms with Gasteiger partial charge in [-0.3, -0.25) is 9.52 Å². The second kappa shape index (κ2) is 5.23. The molecule has 2 aliphatic rings. The number of Topliss-reactive ketones (excluding diaryl/α,β-unsaturated/α-hetero) is 1. The Morgan fingerprint density at radius 1 is 1.35 bits per heavy atom. The number of benzene rings is 1. The molecule has 126 valence electrons. The predicted octanol–water partition coefficient (Wildman–Crippen LogP) is 2.83. The molecule has 6 heteroatoms. The first-order valence-electron chi connectivity index (χ1n) is 7.88. The fourth-order valence-corrected chi connectivity index (χ4v) is 6.22. The summed E-state index contributed by atoms with van der Waals surface area (Å²) in [6, 6.07) is 6.79. The van der Waals surface area contributed by atoms with E-state index in [2.05, 4.69) is 4.72 Å². The van der Waals surface area contributed by atoms with E-state index in [1.807, 2.05) is 13.8 Å². The van der Waals surface area contributed by atoms with Crippen molar-refractivity contribution in [1.82, 2.24) is 0 Å². The molecule has 2 fully saturated rings. The number of sulfonamides is 1. The van der Waals surface area contributed by atoms with E-state index in [1.54, 1.807) is 24.3 Å². The van der Waals surface area contributed by atoms with Gasteiger partial charge in [-0.2, -0.15) is 0 Å². The lowest BCUT2D eigenvalue weighted by molar-refractivity contribution is -0.128. The van der Waals surface area contributed by atoms with Crippen LogP contribution in [0.2, 0.25) is 0 Å². The summed E-state index contributed by atoms with van der Waals surface area (Å²) in [5.74, 6) is 0.859. The lowest BCUT2D eigenvalue weighted by atomic mass is 9.70. The maximum atomic E-state index is 12.7. The molecular weight excluding hydrogens is 314 g/mol. The van der Waals surface area contributed by atoms with Crippen LogP contribution in [0, 0.1) is 16.7 Å². The topological polar surface area (TPSA) is 72.5 Å². The summed E-state index contributed by atoms with van der Waals surface area (Å²) in [7, 11) is -2.08. The summed E-state index contributed by atoms with van der Waals surface area (Å²) in [5.41, 5.74) is -0.547. The zero-order valence-corrected chi connectivity index (χ0v) is 14.6. The molecular formula is C17H23NO4S. The number of carbonyl (C=O) groups is 1. The Labute approximate surface area is 137 Å². The minimum absolute atomic E-state index is 0.106. The molecule has 0 unspecified atom stereocenters. The molecule has 0 spiro atoms. The van der Waals surface area contributed by atoms with Crippen molar-refractivity contribution in [3.8, 4) is 5.75 Å². The van der Waals surface area contributed by atoms with Crippen LogP contribution in [0.15, 0.2) is 24.3 Å². The van der Waals surface area contributed by atoms with E-state index in [-0.39, 0.29) is 17.0 Å². The Morgan fingerprint density at radius 2 is 2.09 bits per heavy atom. The van der Waals surface area contributed by atoms with Gasteiger partial charge in [0, 0.05) is 12.5 Å². The van der Waals surface area contributed by atoms with Crippen LogP contribution in [-0.2, 0) is 14.8 Å². The van der Waals surface area contributed by atoms with Gasteiger partial charge in [0.15, 0.2) is 0 Å². The Bertz CT molecular complexity index is 741. The molecule has 2 saturated carbocycles. The second-order valence-electron chi connectivity index (χ2n) is 7.26. The number of fused-ring (bicyclic) bond motifs is 2. The minimum Gasteiger partial charge on any atom is -0.497 e. The molecule has 1 aromatic carbocycles. The highest BCUT2D eigenvalue weighted by Crippen LogP contribution is 2.64. The van der Waals surface area contributed by atoms with Gasteiger partial charge < -0.3 is 4.74 Å². The molecule has 0 radical (unpaired) electrons. The predicted molar refractivity (Wildman–Crippen MR) is 89.0 cm³/mol. The van der Waals surface area contributed by atoms with Crippen molar-refractivity contribution in [3.05, 3.63) is 24.3 Å². The molecule has 2 bridgehead atoms. The second-order valence-corrected chi connectivity index (χ2v) is 8.98. The van der Waals surface area contributed by atoms with E-state index < -0.39 is 15.4 Å². The van der Waals surface area contributed by atoms with Crippen LogP contribution >= 0.6 is 0 Å². The SMILES string of the molecule is COc1cccc(NS(=O)(=O)C[C@@]23CC[C@H](CC2=O)C3(C)C)c1. The van der Waals surface area contributed by atoms with Gasteiger partial charge in [0.1, 0.15) is 11.5 Å². The van der Waals surface area contributed by atoms with Crippen LogP contribution in [0.1, 0.15) is 33.1 Å². The fourth-order valence-electron chi connectivity index (χ4n) is 4.33. The number of rotatable bonds is 5. The number of nitrogens with one attached hydrogen (secondary N) is 1. The van der Waals surface area contributed by atoms with Gasteiger partial charge in [0.25, 0.3) is 0 Å². The number of ketones is 1.